The van der Waals surface area contributed by atoms with Gasteiger partial charge in [0.05, 0.1) is 18.8 Å². The first-order valence-corrected chi connectivity index (χ1v) is 6.83. The number of pyridine rings is 1. The van der Waals surface area contributed by atoms with E-state index in [2.05, 4.69) is 10.3 Å². The van der Waals surface area contributed by atoms with Gasteiger partial charge in [-0.3, -0.25) is 4.98 Å². The minimum absolute atomic E-state index is 0.138. The molecule has 20 heavy (non-hydrogen) atoms. The molecule has 1 N–H and O–H groups in total. The number of aromatic nitrogens is 1. The molecule has 0 bridgehead atoms. The maximum atomic E-state index is 12.2. The number of alkyl halides is 3. The van der Waals surface area contributed by atoms with Crippen LogP contribution in [0.3, 0.4) is 0 Å². The first-order valence-electron chi connectivity index (χ1n) is 6.83. The van der Waals surface area contributed by atoms with Crippen molar-refractivity contribution in [2.24, 2.45) is 0 Å². The van der Waals surface area contributed by atoms with Gasteiger partial charge in [-0.05, 0) is 24.5 Å². The molecule has 1 saturated heterocycles. The van der Waals surface area contributed by atoms with E-state index >= 15 is 0 Å². The van der Waals surface area contributed by atoms with Crippen LogP contribution in [0.15, 0.2) is 12.1 Å². The van der Waals surface area contributed by atoms with Crippen molar-refractivity contribution in [2.45, 2.75) is 38.4 Å². The van der Waals surface area contributed by atoms with Crippen LogP contribution in [0.1, 0.15) is 36.2 Å². The molecule has 0 spiro atoms. The molecule has 2 rings (SSSR count). The Morgan fingerprint density at radius 1 is 1.40 bits per heavy atom. The summed E-state index contributed by atoms with van der Waals surface area (Å²) in [6.45, 7) is 2.45. The summed E-state index contributed by atoms with van der Waals surface area (Å²) < 4.78 is 42.0. The van der Waals surface area contributed by atoms with Gasteiger partial charge in [0, 0.05) is 24.8 Å². The molecule has 3 nitrogen and oxygen atoms in total. The monoisotopic (exact) mass is 288 g/mol. The third-order valence-corrected chi connectivity index (χ3v) is 3.42. The standard InChI is InChI=1S/C14H19F3N2O/c1-2-11-3-4-12(10-5-6-20-8-10)13(19-11)7-18-9-14(15,16)17/h3-4,10,18H,2,5-9H2,1H3. The summed E-state index contributed by atoms with van der Waals surface area (Å²) in [5, 5.41) is 2.43. The first kappa shape index (κ1) is 15.3. The molecule has 112 valence electrons. The minimum Gasteiger partial charge on any atom is -0.381 e. The number of rotatable bonds is 5. The van der Waals surface area contributed by atoms with E-state index in [9.17, 15) is 13.2 Å². The SMILES string of the molecule is CCc1ccc(C2CCOC2)c(CNCC(F)(F)F)n1. The van der Waals surface area contributed by atoms with Crippen LogP contribution in [0.25, 0.3) is 0 Å². The van der Waals surface area contributed by atoms with E-state index in [0.29, 0.717) is 18.9 Å². The van der Waals surface area contributed by atoms with Gasteiger partial charge in [0.2, 0.25) is 0 Å². The van der Waals surface area contributed by atoms with Gasteiger partial charge < -0.3 is 10.1 Å². The average molecular weight is 288 g/mol. The Labute approximate surface area is 116 Å². The van der Waals surface area contributed by atoms with E-state index in [0.717, 1.165) is 24.1 Å². The van der Waals surface area contributed by atoms with Crippen LogP contribution in [0, 0.1) is 0 Å². The van der Waals surface area contributed by atoms with E-state index in [4.69, 9.17) is 4.74 Å². The van der Waals surface area contributed by atoms with Gasteiger partial charge in [0.25, 0.3) is 0 Å². The molecule has 0 aliphatic carbocycles. The maximum Gasteiger partial charge on any atom is 0.401 e. The fraction of sp³-hybridized carbons (Fsp3) is 0.643. The highest BCUT2D eigenvalue weighted by atomic mass is 19.4. The van der Waals surface area contributed by atoms with Gasteiger partial charge in [-0.2, -0.15) is 13.2 Å². The lowest BCUT2D eigenvalue weighted by Crippen LogP contribution is -2.29. The van der Waals surface area contributed by atoms with Crippen LogP contribution >= 0.6 is 0 Å². The Morgan fingerprint density at radius 3 is 2.80 bits per heavy atom. The van der Waals surface area contributed by atoms with Crippen molar-refractivity contribution in [3.05, 3.63) is 29.1 Å². The van der Waals surface area contributed by atoms with Crippen molar-refractivity contribution in [1.29, 1.82) is 0 Å². The van der Waals surface area contributed by atoms with E-state index in [1.54, 1.807) is 0 Å². The van der Waals surface area contributed by atoms with Gasteiger partial charge in [-0.15, -0.1) is 0 Å². The normalized spacial score (nSPS) is 19.5. The molecule has 1 unspecified atom stereocenters. The zero-order chi connectivity index (χ0) is 14.6. The zero-order valence-corrected chi connectivity index (χ0v) is 11.5. The van der Waals surface area contributed by atoms with E-state index in [1.165, 1.54) is 0 Å². The zero-order valence-electron chi connectivity index (χ0n) is 11.5. The number of hydrogen-bond donors (Lipinski definition) is 1. The summed E-state index contributed by atoms with van der Waals surface area (Å²) in [5.74, 6) is 0.246. The van der Waals surface area contributed by atoms with Gasteiger partial charge in [0.15, 0.2) is 0 Å². The molecular formula is C14H19F3N2O. The van der Waals surface area contributed by atoms with Crippen LogP contribution in [0.4, 0.5) is 13.2 Å². The average Bonchev–Trinajstić information content (AvgIpc) is 2.91. The molecule has 0 radical (unpaired) electrons. The number of nitrogens with one attached hydrogen (secondary N) is 1. The predicted molar refractivity (Wildman–Crippen MR) is 69.6 cm³/mol. The molecule has 1 aliphatic heterocycles. The summed E-state index contributed by atoms with van der Waals surface area (Å²) in [5.41, 5.74) is 2.62. The molecular weight excluding hydrogens is 269 g/mol. The summed E-state index contributed by atoms with van der Waals surface area (Å²) in [7, 11) is 0. The topological polar surface area (TPSA) is 34.1 Å². The number of hydrogen-bond acceptors (Lipinski definition) is 3. The quantitative estimate of drug-likeness (QED) is 0.904. The predicted octanol–water partition coefficient (Wildman–Crippen LogP) is 2.80. The van der Waals surface area contributed by atoms with Crippen LogP contribution in [0.5, 0.6) is 0 Å². The molecule has 1 aromatic rings. The molecule has 0 aromatic carbocycles. The largest absolute Gasteiger partial charge is 0.401 e. The highest BCUT2D eigenvalue weighted by Crippen LogP contribution is 2.27. The molecule has 1 atom stereocenters. The highest BCUT2D eigenvalue weighted by Gasteiger charge is 2.27. The molecule has 1 aliphatic rings. The Bertz CT molecular complexity index is 443. The summed E-state index contributed by atoms with van der Waals surface area (Å²) >= 11 is 0. The van der Waals surface area contributed by atoms with Gasteiger partial charge in [0.1, 0.15) is 0 Å². The molecule has 6 heteroatoms. The van der Waals surface area contributed by atoms with Crippen LogP contribution in [-0.4, -0.2) is 30.9 Å². The number of aryl methyl sites for hydroxylation is 1. The van der Waals surface area contributed by atoms with Crippen molar-refractivity contribution in [3.8, 4) is 0 Å². The lowest BCUT2D eigenvalue weighted by Gasteiger charge is -2.16. The van der Waals surface area contributed by atoms with Crippen LogP contribution in [0.2, 0.25) is 0 Å². The minimum atomic E-state index is -4.20. The number of nitrogens with zero attached hydrogens (tertiary/aromatic N) is 1. The molecule has 2 heterocycles. The molecule has 0 amide bonds. The van der Waals surface area contributed by atoms with Gasteiger partial charge in [-0.25, -0.2) is 0 Å². The second-order valence-corrected chi connectivity index (χ2v) is 4.97. The summed E-state index contributed by atoms with van der Waals surface area (Å²) in [4.78, 5) is 4.47. The van der Waals surface area contributed by atoms with E-state index in [1.807, 2.05) is 19.1 Å². The smallest absolute Gasteiger partial charge is 0.381 e. The first-order chi connectivity index (χ1) is 9.49. The van der Waals surface area contributed by atoms with Gasteiger partial charge in [-0.1, -0.05) is 13.0 Å². The Kier molecular flexibility index (Phi) is 4.99. The lowest BCUT2D eigenvalue weighted by molar-refractivity contribution is -0.125. The van der Waals surface area contributed by atoms with Crippen molar-refractivity contribution in [3.63, 3.8) is 0 Å². The Balaban J connectivity index is 2.10. The molecule has 1 aromatic heterocycles. The summed E-state index contributed by atoms with van der Waals surface area (Å²) in [6.07, 6.45) is -2.52. The van der Waals surface area contributed by atoms with Crippen molar-refractivity contribution in [2.75, 3.05) is 19.8 Å². The van der Waals surface area contributed by atoms with Crippen LogP contribution < -0.4 is 5.32 Å². The molecule has 1 fully saturated rings. The van der Waals surface area contributed by atoms with Crippen molar-refractivity contribution < 1.29 is 17.9 Å². The second kappa shape index (κ2) is 6.54. The molecule has 0 saturated carbocycles. The Hall–Kier alpha value is -1.14. The highest BCUT2D eigenvalue weighted by molar-refractivity contribution is 5.27. The third-order valence-electron chi connectivity index (χ3n) is 3.42. The van der Waals surface area contributed by atoms with Crippen LogP contribution in [-0.2, 0) is 17.7 Å². The van der Waals surface area contributed by atoms with Gasteiger partial charge >= 0.3 is 6.18 Å². The van der Waals surface area contributed by atoms with E-state index in [-0.39, 0.29) is 12.5 Å². The number of halogens is 3. The van der Waals surface area contributed by atoms with E-state index < -0.39 is 12.7 Å². The fourth-order valence-electron chi connectivity index (χ4n) is 2.37. The lowest BCUT2D eigenvalue weighted by atomic mass is 9.96. The number of ether oxygens (including phenoxy) is 1. The maximum absolute atomic E-state index is 12.2. The van der Waals surface area contributed by atoms with Crippen molar-refractivity contribution >= 4 is 0 Å². The fourth-order valence-corrected chi connectivity index (χ4v) is 2.37. The van der Waals surface area contributed by atoms with Crippen molar-refractivity contribution in [1.82, 2.24) is 10.3 Å². The third kappa shape index (κ3) is 4.18. The Morgan fingerprint density at radius 2 is 2.20 bits per heavy atom. The second-order valence-electron chi connectivity index (χ2n) is 4.97. The summed E-state index contributed by atoms with van der Waals surface area (Å²) in [6, 6.07) is 3.93.